The molecule has 0 radical (unpaired) electrons. The molecule has 3 nitrogen and oxygen atoms in total. The molecule has 29 heavy (non-hydrogen) atoms. The number of nitrogens with one attached hydrogen (secondary N) is 2. The van der Waals surface area contributed by atoms with Crippen LogP contribution in [0.2, 0.25) is 0 Å². The van der Waals surface area contributed by atoms with Crippen LogP contribution in [-0.2, 0) is 0 Å². The monoisotopic (exact) mass is 376 g/mol. The number of hydrogen-bond donors (Lipinski definition) is 2. The predicted molar refractivity (Wildman–Crippen MR) is 118 cm³/mol. The first kappa shape index (κ1) is 18.4. The summed E-state index contributed by atoms with van der Waals surface area (Å²) in [7, 11) is 0. The molecule has 0 amide bonds. The van der Waals surface area contributed by atoms with Crippen LogP contribution in [0.1, 0.15) is 22.3 Å². The SMILES string of the molecule is N=C(c1ccccc1)c1ccc(Oc2ccc(C(=N)c3ccccc3)cc2)cc1. The molecule has 0 heterocycles. The van der Waals surface area contributed by atoms with E-state index in [-0.39, 0.29) is 0 Å². The van der Waals surface area contributed by atoms with Crippen molar-refractivity contribution >= 4 is 11.4 Å². The Labute approximate surface area is 170 Å². The Morgan fingerprint density at radius 3 is 1.07 bits per heavy atom. The summed E-state index contributed by atoms with van der Waals surface area (Å²) in [5.74, 6) is 1.42. The molecule has 4 aromatic rings. The van der Waals surface area contributed by atoms with Crippen molar-refractivity contribution in [3.05, 3.63) is 131 Å². The highest BCUT2D eigenvalue weighted by atomic mass is 16.5. The van der Waals surface area contributed by atoms with Crippen LogP contribution in [0.5, 0.6) is 11.5 Å². The van der Waals surface area contributed by atoms with Crippen LogP contribution in [0.4, 0.5) is 0 Å². The third-order valence-electron chi connectivity index (χ3n) is 4.65. The van der Waals surface area contributed by atoms with Crippen molar-refractivity contribution in [2.75, 3.05) is 0 Å². The Morgan fingerprint density at radius 1 is 0.414 bits per heavy atom. The van der Waals surface area contributed by atoms with Crippen LogP contribution in [0.3, 0.4) is 0 Å². The van der Waals surface area contributed by atoms with E-state index < -0.39 is 0 Å². The van der Waals surface area contributed by atoms with Crippen molar-refractivity contribution in [2.24, 2.45) is 0 Å². The molecule has 0 fully saturated rings. The zero-order valence-electron chi connectivity index (χ0n) is 15.8. The molecule has 0 aliphatic rings. The fraction of sp³-hybridized carbons (Fsp3) is 0. The number of ether oxygens (including phenoxy) is 1. The van der Waals surface area contributed by atoms with Crippen LogP contribution < -0.4 is 4.74 Å². The summed E-state index contributed by atoms with van der Waals surface area (Å²) in [6.45, 7) is 0. The van der Waals surface area contributed by atoms with E-state index in [1.165, 1.54) is 0 Å². The minimum absolute atomic E-state index is 0.487. The minimum atomic E-state index is 0.487. The molecular weight excluding hydrogens is 356 g/mol. The van der Waals surface area contributed by atoms with Gasteiger partial charge in [0.2, 0.25) is 0 Å². The maximum absolute atomic E-state index is 8.34. The summed E-state index contributed by atoms with van der Waals surface area (Å²) in [4.78, 5) is 0. The van der Waals surface area contributed by atoms with E-state index in [0.717, 1.165) is 22.3 Å². The number of benzene rings is 4. The summed E-state index contributed by atoms with van der Waals surface area (Å²) in [6, 6.07) is 34.4. The zero-order valence-corrected chi connectivity index (χ0v) is 15.8. The van der Waals surface area contributed by atoms with E-state index >= 15 is 0 Å². The fourth-order valence-corrected chi connectivity index (χ4v) is 3.06. The van der Waals surface area contributed by atoms with Gasteiger partial charge in [-0.2, -0.15) is 0 Å². The summed E-state index contributed by atoms with van der Waals surface area (Å²) in [6.07, 6.45) is 0. The molecule has 0 atom stereocenters. The zero-order chi connectivity index (χ0) is 20.1. The molecule has 0 bridgehead atoms. The average Bonchev–Trinajstić information content (AvgIpc) is 2.80. The first-order valence-corrected chi connectivity index (χ1v) is 9.37. The molecule has 4 aromatic carbocycles. The maximum Gasteiger partial charge on any atom is 0.127 e. The second-order valence-electron chi connectivity index (χ2n) is 6.63. The van der Waals surface area contributed by atoms with Gasteiger partial charge in [-0.05, 0) is 59.7 Å². The van der Waals surface area contributed by atoms with Crippen molar-refractivity contribution in [1.29, 1.82) is 10.8 Å². The lowest BCUT2D eigenvalue weighted by atomic mass is 10.0. The van der Waals surface area contributed by atoms with Gasteiger partial charge in [-0.3, -0.25) is 10.8 Å². The van der Waals surface area contributed by atoms with Gasteiger partial charge >= 0.3 is 0 Å². The summed E-state index contributed by atoms with van der Waals surface area (Å²) < 4.78 is 5.92. The molecule has 0 aliphatic carbocycles. The Hall–Kier alpha value is -3.98. The molecule has 2 N–H and O–H groups in total. The maximum atomic E-state index is 8.34. The van der Waals surface area contributed by atoms with Crippen LogP contribution in [0.15, 0.2) is 109 Å². The van der Waals surface area contributed by atoms with Gasteiger partial charge in [-0.1, -0.05) is 60.7 Å². The molecular formula is C26H20N2O. The Morgan fingerprint density at radius 2 is 0.724 bits per heavy atom. The van der Waals surface area contributed by atoms with Crippen LogP contribution in [0, 0.1) is 10.8 Å². The lowest BCUT2D eigenvalue weighted by molar-refractivity contribution is 0.482. The lowest BCUT2D eigenvalue weighted by Crippen LogP contribution is -2.01. The first-order chi connectivity index (χ1) is 14.2. The van der Waals surface area contributed by atoms with Gasteiger partial charge in [0.05, 0.1) is 11.4 Å². The van der Waals surface area contributed by atoms with Gasteiger partial charge in [-0.25, -0.2) is 0 Å². The molecule has 3 heteroatoms. The summed E-state index contributed by atoms with van der Waals surface area (Å²) in [5, 5.41) is 16.7. The number of rotatable bonds is 6. The van der Waals surface area contributed by atoms with E-state index in [2.05, 4.69) is 0 Å². The molecule has 0 aliphatic heterocycles. The molecule has 0 saturated heterocycles. The molecule has 140 valence electrons. The number of hydrogen-bond acceptors (Lipinski definition) is 3. The largest absolute Gasteiger partial charge is 0.457 e. The molecule has 0 spiro atoms. The Kier molecular flexibility index (Phi) is 5.30. The van der Waals surface area contributed by atoms with Gasteiger partial charge in [-0.15, -0.1) is 0 Å². The van der Waals surface area contributed by atoms with Gasteiger partial charge in [0.1, 0.15) is 11.5 Å². The van der Waals surface area contributed by atoms with Crippen molar-refractivity contribution in [2.45, 2.75) is 0 Å². The Bertz CT molecular complexity index is 1020. The van der Waals surface area contributed by atoms with E-state index in [1.807, 2.05) is 109 Å². The van der Waals surface area contributed by atoms with E-state index in [1.54, 1.807) is 0 Å². The summed E-state index contributed by atoms with van der Waals surface area (Å²) >= 11 is 0. The van der Waals surface area contributed by atoms with Gasteiger partial charge in [0, 0.05) is 11.1 Å². The second-order valence-corrected chi connectivity index (χ2v) is 6.63. The highest BCUT2D eigenvalue weighted by Crippen LogP contribution is 2.23. The van der Waals surface area contributed by atoms with E-state index in [9.17, 15) is 0 Å². The predicted octanol–water partition coefficient (Wildman–Crippen LogP) is 6.31. The van der Waals surface area contributed by atoms with Crippen molar-refractivity contribution < 1.29 is 4.74 Å². The fourth-order valence-electron chi connectivity index (χ4n) is 3.06. The van der Waals surface area contributed by atoms with Gasteiger partial charge in [0.25, 0.3) is 0 Å². The highest BCUT2D eigenvalue weighted by Gasteiger charge is 2.07. The Balaban J connectivity index is 1.44. The minimum Gasteiger partial charge on any atom is -0.457 e. The molecule has 0 saturated carbocycles. The lowest BCUT2D eigenvalue weighted by Gasteiger charge is -2.09. The molecule has 4 rings (SSSR count). The average molecular weight is 376 g/mol. The van der Waals surface area contributed by atoms with Crippen molar-refractivity contribution in [1.82, 2.24) is 0 Å². The van der Waals surface area contributed by atoms with Crippen LogP contribution in [-0.4, -0.2) is 11.4 Å². The van der Waals surface area contributed by atoms with Crippen LogP contribution in [0.25, 0.3) is 0 Å². The quantitative estimate of drug-likeness (QED) is 0.381. The third-order valence-corrected chi connectivity index (χ3v) is 4.65. The van der Waals surface area contributed by atoms with E-state index in [4.69, 9.17) is 15.6 Å². The van der Waals surface area contributed by atoms with Crippen LogP contribution >= 0.6 is 0 Å². The van der Waals surface area contributed by atoms with Gasteiger partial charge in [0.15, 0.2) is 0 Å². The second kappa shape index (κ2) is 8.36. The smallest absolute Gasteiger partial charge is 0.127 e. The first-order valence-electron chi connectivity index (χ1n) is 9.37. The van der Waals surface area contributed by atoms with E-state index in [0.29, 0.717) is 22.9 Å². The van der Waals surface area contributed by atoms with Gasteiger partial charge < -0.3 is 4.74 Å². The standard InChI is InChI=1S/C26H20N2O/c27-25(19-7-3-1-4-8-19)21-11-15-23(16-12-21)29-24-17-13-22(14-18-24)26(28)20-9-5-2-6-10-20/h1-18,27-28H. The normalized spacial score (nSPS) is 10.3. The third kappa shape index (κ3) is 4.30. The molecule has 0 unspecified atom stereocenters. The molecule has 0 aromatic heterocycles. The highest BCUT2D eigenvalue weighted by molar-refractivity contribution is 6.11. The van der Waals surface area contributed by atoms with Crippen molar-refractivity contribution in [3.8, 4) is 11.5 Å². The topological polar surface area (TPSA) is 56.9 Å². The van der Waals surface area contributed by atoms with Crippen molar-refractivity contribution in [3.63, 3.8) is 0 Å². The summed E-state index contributed by atoms with van der Waals surface area (Å²) in [5.41, 5.74) is 4.43.